The minimum absolute atomic E-state index is 0.144. The maximum Gasteiger partial charge on any atom is 0.143 e. The van der Waals surface area contributed by atoms with Crippen molar-refractivity contribution in [3.8, 4) is 11.1 Å². The predicted octanol–water partition coefficient (Wildman–Crippen LogP) is 14.7. The average Bonchev–Trinajstić information content (AvgIpc) is 3.80. The van der Waals surface area contributed by atoms with E-state index in [9.17, 15) is 0 Å². The van der Waals surface area contributed by atoms with Crippen molar-refractivity contribution in [2.45, 2.75) is 19.3 Å². The highest BCUT2D eigenvalue weighted by Crippen LogP contribution is 2.53. The van der Waals surface area contributed by atoms with Crippen LogP contribution in [0.15, 0.2) is 191 Å². The van der Waals surface area contributed by atoms with Crippen LogP contribution in [-0.4, -0.2) is 0 Å². The van der Waals surface area contributed by atoms with E-state index in [0.717, 1.165) is 77.8 Å². The molecule has 0 N–H and O–H groups in total. The van der Waals surface area contributed by atoms with Gasteiger partial charge in [0.05, 0.1) is 11.4 Å². The third-order valence-corrected chi connectivity index (χ3v) is 11.4. The Labute approximate surface area is 319 Å². The van der Waals surface area contributed by atoms with E-state index in [0.29, 0.717) is 0 Å². The van der Waals surface area contributed by atoms with Crippen LogP contribution in [0.4, 0.5) is 34.1 Å². The Morgan fingerprint density at radius 3 is 1.69 bits per heavy atom. The number of nitrogens with zero attached hydrogens (tertiary/aromatic N) is 2. The predicted molar refractivity (Wildman–Crippen MR) is 228 cm³/mol. The molecule has 4 heteroatoms. The number of hydrogen-bond acceptors (Lipinski definition) is 4. The van der Waals surface area contributed by atoms with Gasteiger partial charge in [-0.3, -0.25) is 0 Å². The summed E-state index contributed by atoms with van der Waals surface area (Å²) in [4.78, 5) is 4.74. The van der Waals surface area contributed by atoms with Crippen molar-refractivity contribution in [2.75, 3.05) is 9.80 Å². The number of hydrogen-bond donors (Lipinski definition) is 0. The molecular formula is C51H36N2O2. The molecule has 1 aliphatic heterocycles. The van der Waals surface area contributed by atoms with Gasteiger partial charge < -0.3 is 18.6 Å². The van der Waals surface area contributed by atoms with Crippen molar-refractivity contribution >= 4 is 78.0 Å². The Bertz CT molecular complexity index is 3030. The molecule has 0 atom stereocenters. The van der Waals surface area contributed by atoms with Crippen LogP contribution < -0.4 is 9.80 Å². The second-order valence-corrected chi connectivity index (χ2v) is 15.0. The van der Waals surface area contributed by atoms with Crippen LogP contribution in [0, 0.1) is 0 Å². The fraction of sp³-hybridized carbons (Fsp3) is 0.0588. The Morgan fingerprint density at radius 2 is 0.982 bits per heavy atom. The van der Waals surface area contributed by atoms with Gasteiger partial charge in [-0.25, -0.2) is 0 Å². The van der Waals surface area contributed by atoms with Gasteiger partial charge in [0.15, 0.2) is 0 Å². The SMILES string of the molecule is CC1(C)c2ccccc2N(c2cc(-c3ccc(N(c4ccccc4)c4ccc5oc6ccccc6c5c4)cc3)c3oc4ccccc4c3c2)c2ccccc21. The number of fused-ring (bicyclic) bond motifs is 8. The van der Waals surface area contributed by atoms with E-state index in [1.165, 1.54) is 22.5 Å². The highest BCUT2D eigenvalue weighted by Gasteiger charge is 2.37. The van der Waals surface area contributed by atoms with Gasteiger partial charge in [0, 0.05) is 55.3 Å². The lowest BCUT2D eigenvalue weighted by molar-refractivity contribution is 0.632. The number of rotatable bonds is 5. The second-order valence-electron chi connectivity index (χ2n) is 15.0. The number of anilines is 6. The molecule has 10 aromatic rings. The molecule has 55 heavy (non-hydrogen) atoms. The topological polar surface area (TPSA) is 32.8 Å². The minimum Gasteiger partial charge on any atom is -0.456 e. The van der Waals surface area contributed by atoms with Crippen LogP contribution in [-0.2, 0) is 5.41 Å². The molecule has 0 spiro atoms. The van der Waals surface area contributed by atoms with Crippen LogP contribution in [0.25, 0.3) is 55.0 Å². The molecule has 0 bridgehead atoms. The van der Waals surface area contributed by atoms with Gasteiger partial charge in [0.2, 0.25) is 0 Å². The van der Waals surface area contributed by atoms with Gasteiger partial charge >= 0.3 is 0 Å². The Hall–Kier alpha value is -7.04. The van der Waals surface area contributed by atoms with Crippen LogP contribution >= 0.6 is 0 Å². The van der Waals surface area contributed by atoms with Gasteiger partial charge in [-0.05, 0) is 95.6 Å². The molecule has 11 rings (SSSR count). The van der Waals surface area contributed by atoms with Crippen molar-refractivity contribution in [3.05, 3.63) is 193 Å². The quantitative estimate of drug-likeness (QED) is 0.178. The van der Waals surface area contributed by atoms with Crippen molar-refractivity contribution in [1.29, 1.82) is 0 Å². The standard InChI is InChI=1S/C51H36N2O2/c1-51(2)43-18-8-10-20-45(43)53(46-21-11-9-19-44(46)51)37-31-40(50-42(32-37)39-17-7-13-23-48(39)55-50)33-24-26-35(27-25-33)52(34-14-4-3-5-15-34)36-28-29-49-41(30-36)38-16-6-12-22-47(38)54-49/h3-32H,1-2H3. The molecular weight excluding hydrogens is 673 g/mol. The van der Waals surface area contributed by atoms with Gasteiger partial charge in [-0.1, -0.05) is 117 Å². The minimum atomic E-state index is -0.144. The van der Waals surface area contributed by atoms with Gasteiger partial charge in [0.25, 0.3) is 0 Å². The van der Waals surface area contributed by atoms with Crippen molar-refractivity contribution < 1.29 is 8.83 Å². The van der Waals surface area contributed by atoms with Crippen LogP contribution in [0.3, 0.4) is 0 Å². The van der Waals surface area contributed by atoms with Gasteiger partial charge in [-0.2, -0.15) is 0 Å². The summed E-state index contributed by atoms with van der Waals surface area (Å²) in [7, 11) is 0. The molecule has 0 fully saturated rings. The summed E-state index contributed by atoms with van der Waals surface area (Å²) in [5.74, 6) is 0. The van der Waals surface area contributed by atoms with E-state index in [1.54, 1.807) is 0 Å². The summed E-state index contributed by atoms with van der Waals surface area (Å²) in [6, 6.07) is 64.7. The molecule has 2 aromatic heterocycles. The summed E-state index contributed by atoms with van der Waals surface area (Å²) in [6.07, 6.45) is 0. The third kappa shape index (κ3) is 4.85. The first-order valence-electron chi connectivity index (χ1n) is 18.8. The lowest BCUT2D eigenvalue weighted by Crippen LogP contribution is -2.30. The first kappa shape index (κ1) is 31.5. The van der Waals surface area contributed by atoms with Crippen LogP contribution in [0.1, 0.15) is 25.0 Å². The molecule has 4 nitrogen and oxygen atoms in total. The molecule has 0 aliphatic carbocycles. The Kier molecular flexibility index (Phi) is 6.86. The van der Waals surface area contributed by atoms with Gasteiger partial charge in [0.1, 0.15) is 22.3 Å². The highest BCUT2D eigenvalue weighted by atomic mass is 16.3. The fourth-order valence-electron chi connectivity index (χ4n) is 8.77. The largest absolute Gasteiger partial charge is 0.456 e. The maximum atomic E-state index is 6.70. The molecule has 0 unspecified atom stereocenters. The number of benzene rings is 8. The summed E-state index contributed by atoms with van der Waals surface area (Å²) in [5.41, 5.74) is 14.8. The maximum absolute atomic E-state index is 6.70. The fourth-order valence-corrected chi connectivity index (χ4v) is 8.77. The summed E-state index contributed by atoms with van der Waals surface area (Å²) >= 11 is 0. The van der Waals surface area contributed by atoms with E-state index in [-0.39, 0.29) is 5.41 Å². The van der Waals surface area contributed by atoms with Gasteiger partial charge in [-0.15, -0.1) is 0 Å². The van der Waals surface area contributed by atoms with Crippen LogP contribution in [0.5, 0.6) is 0 Å². The lowest BCUT2D eigenvalue weighted by Gasteiger charge is -2.42. The molecule has 0 radical (unpaired) electrons. The summed E-state index contributed by atoms with van der Waals surface area (Å²) < 4.78 is 12.9. The normalized spacial score (nSPS) is 13.4. The van der Waals surface area contributed by atoms with E-state index < -0.39 is 0 Å². The highest BCUT2D eigenvalue weighted by molar-refractivity contribution is 6.12. The van der Waals surface area contributed by atoms with Crippen LogP contribution in [0.2, 0.25) is 0 Å². The number of furan rings is 2. The molecule has 8 aromatic carbocycles. The van der Waals surface area contributed by atoms with E-state index in [2.05, 4.69) is 187 Å². The monoisotopic (exact) mass is 708 g/mol. The zero-order chi connectivity index (χ0) is 36.7. The molecule has 3 heterocycles. The second kappa shape index (κ2) is 12.0. The van der Waals surface area contributed by atoms with E-state index in [4.69, 9.17) is 8.83 Å². The average molecular weight is 709 g/mol. The van der Waals surface area contributed by atoms with Crippen molar-refractivity contribution in [1.82, 2.24) is 0 Å². The molecule has 0 amide bonds. The Morgan fingerprint density at radius 1 is 0.436 bits per heavy atom. The van der Waals surface area contributed by atoms with E-state index >= 15 is 0 Å². The third-order valence-electron chi connectivity index (χ3n) is 11.4. The zero-order valence-corrected chi connectivity index (χ0v) is 30.5. The first-order valence-corrected chi connectivity index (χ1v) is 18.8. The summed E-state index contributed by atoms with van der Waals surface area (Å²) in [6.45, 7) is 4.66. The van der Waals surface area contributed by atoms with Crippen molar-refractivity contribution in [2.24, 2.45) is 0 Å². The van der Waals surface area contributed by atoms with Crippen molar-refractivity contribution in [3.63, 3.8) is 0 Å². The molecule has 262 valence electrons. The summed E-state index contributed by atoms with van der Waals surface area (Å²) in [5, 5.41) is 4.41. The zero-order valence-electron chi connectivity index (χ0n) is 30.5. The molecule has 0 saturated heterocycles. The number of para-hydroxylation sites is 5. The molecule has 1 aliphatic rings. The smallest absolute Gasteiger partial charge is 0.143 e. The lowest BCUT2D eigenvalue weighted by atomic mass is 9.73. The Balaban J connectivity index is 1.09. The first-order chi connectivity index (χ1) is 27.0. The molecule has 0 saturated carbocycles. The van der Waals surface area contributed by atoms with E-state index in [1.807, 2.05) is 18.2 Å².